The second kappa shape index (κ2) is 9.82. The molecular formula is C23H25NO6. The van der Waals surface area contributed by atoms with Gasteiger partial charge in [-0.2, -0.15) is 0 Å². The summed E-state index contributed by atoms with van der Waals surface area (Å²) in [7, 11) is 4.68. The minimum absolute atomic E-state index is 0.188. The van der Waals surface area contributed by atoms with Gasteiger partial charge in [0, 0.05) is 11.6 Å². The van der Waals surface area contributed by atoms with E-state index in [1.807, 2.05) is 12.1 Å². The number of esters is 1. The number of benzene rings is 2. The molecule has 3 rings (SSSR count). The van der Waals surface area contributed by atoms with Crippen LogP contribution in [0, 0.1) is 0 Å². The Labute approximate surface area is 175 Å². The van der Waals surface area contributed by atoms with Crippen molar-refractivity contribution in [2.45, 2.75) is 19.8 Å². The Morgan fingerprint density at radius 2 is 1.70 bits per heavy atom. The lowest BCUT2D eigenvalue weighted by Crippen LogP contribution is -2.06. The highest BCUT2D eigenvalue weighted by molar-refractivity contribution is 6.13. The summed E-state index contributed by atoms with van der Waals surface area (Å²) in [6.07, 6.45) is 3.66. The first-order valence-electron chi connectivity index (χ1n) is 9.64. The van der Waals surface area contributed by atoms with Crippen LogP contribution >= 0.6 is 0 Å². The molecule has 0 aliphatic carbocycles. The summed E-state index contributed by atoms with van der Waals surface area (Å²) in [6, 6.07) is 10.6. The van der Waals surface area contributed by atoms with E-state index in [-0.39, 0.29) is 11.6 Å². The molecule has 0 saturated carbocycles. The van der Waals surface area contributed by atoms with Crippen LogP contribution in [0.2, 0.25) is 0 Å². The minimum atomic E-state index is -0.533. The Morgan fingerprint density at radius 3 is 2.33 bits per heavy atom. The molecule has 2 aromatic rings. The number of carbonyl (C=O) groups is 1. The number of cyclic esters (lactones) is 1. The minimum Gasteiger partial charge on any atom is -0.497 e. The Balaban J connectivity index is 1.87. The first-order chi connectivity index (χ1) is 14.6. The molecule has 0 N–H and O–H groups in total. The standard InChI is InChI=1S/C23H25NO6/c1-5-6-9-29-20-8-7-15(11-21(20)28-4)10-19-23(25)30-22(24-19)16-12-17(26-2)14-18(13-16)27-3/h7-8,10-14H,5-6,9H2,1-4H3/b19-10-. The number of hydrogen-bond acceptors (Lipinski definition) is 7. The van der Waals surface area contributed by atoms with Crippen molar-refractivity contribution in [1.82, 2.24) is 0 Å². The predicted octanol–water partition coefficient (Wildman–Crippen LogP) is 4.24. The summed E-state index contributed by atoms with van der Waals surface area (Å²) >= 11 is 0. The molecule has 0 fully saturated rings. The van der Waals surface area contributed by atoms with Gasteiger partial charge in [-0.1, -0.05) is 19.4 Å². The van der Waals surface area contributed by atoms with Crippen molar-refractivity contribution in [1.29, 1.82) is 0 Å². The maximum Gasteiger partial charge on any atom is 0.363 e. The molecule has 0 spiro atoms. The highest BCUT2D eigenvalue weighted by Crippen LogP contribution is 2.30. The summed E-state index contributed by atoms with van der Waals surface area (Å²) in [5.74, 6) is 2.06. The zero-order valence-corrected chi connectivity index (χ0v) is 17.6. The zero-order chi connectivity index (χ0) is 21.5. The molecule has 1 aliphatic rings. The molecular weight excluding hydrogens is 386 g/mol. The number of carbonyl (C=O) groups excluding carboxylic acids is 1. The third-order valence-corrected chi connectivity index (χ3v) is 4.47. The molecule has 0 unspecified atom stereocenters. The fraction of sp³-hybridized carbons (Fsp3) is 0.304. The predicted molar refractivity (Wildman–Crippen MR) is 114 cm³/mol. The maximum absolute atomic E-state index is 12.3. The number of unbranched alkanes of at least 4 members (excludes halogenated alkanes) is 1. The molecule has 0 atom stereocenters. The second-order valence-corrected chi connectivity index (χ2v) is 6.55. The molecule has 0 saturated heterocycles. The van der Waals surface area contributed by atoms with Gasteiger partial charge in [-0.15, -0.1) is 0 Å². The summed E-state index contributed by atoms with van der Waals surface area (Å²) in [4.78, 5) is 16.7. The zero-order valence-electron chi connectivity index (χ0n) is 17.6. The number of methoxy groups -OCH3 is 3. The van der Waals surface area contributed by atoms with Gasteiger partial charge in [-0.3, -0.25) is 0 Å². The van der Waals surface area contributed by atoms with Crippen LogP contribution in [-0.2, 0) is 9.53 Å². The lowest BCUT2D eigenvalue weighted by molar-refractivity contribution is -0.129. The van der Waals surface area contributed by atoms with Crippen LogP contribution in [0.4, 0.5) is 0 Å². The molecule has 30 heavy (non-hydrogen) atoms. The van der Waals surface area contributed by atoms with Crippen molar-refractivity contribution in [2.75, 3.05) is 27.9 Å². The van der Waals surface area contributed by atoms with Crippen molar-refractivity contribution < 1.29 is 28.5 Å². The van der Waals surface area contributed by atoms with Crippen molar-refractivity contribution in [3.05, 3.63) is 53.2 Å². The van der Waals surface area contributed by atoms with Crippen molar-refractivity contribution in [3.8, 4) is 23.0 Å². The Kier molecular flexibility index (Phi) is 6.95. The third kappa shape index (κ3) is 4.92. The third-order valence-electron chi connectivity index (χ3n) is 4.47. The summed E-state index contributed by atoms with van der Waals surface area (Å²) < 4.78 is 27.0. The van der Waals surface area contributed by atoms with E-state index in [1.54, 1.807) is 51.7 Å². The monoisotopic (exact) mass is 411 g/mol. The molecule has 158 valence electrons. The summed E-state index contributed by atoms with van der Waals surface area (Å²) in [5, 5.41) is 0. The molecule has 1 heterocycles. The molecule has 2 aromatic carbocycles. The first-order valence-corrected chi connectivity index (χ1v) is 9.64. The van der Waals surface area contributed by atoms with Gasteiger partial charge in [-0.25, -0.2) is 9.79 Å². The average Bonchev–Trinajstić information content (AvgIpc) is 3.14. The SMILES string of the molecule is CCCCOc1ccc(/C=C2\N=C(c3cc(OC)cc(OC)c3)OC2=O)cc1OC. The van der Waals surface area contributed by atoms with E-state index in [9.17, 15) is 4.79 Å². The van der Waals surface area contributed by atoms with Gasteiger partial charge in [0.25, 0.3) is 0 Å². The van der Waals surface area contributed by atoms with E-state index < -0.39 is 5.97 Å². The lowest BCUT2D eigenvalue weighted by Gasteiger charge is -2.10. The van der Waals surface area contributed by atoms with E-state index >= 15 is 0 Å². The van der Waals surface area contributed by atoms with Crippen molar-refractivity contribution in [2.24, 2.45) is 4.99 Å². The van der Waals surface area contributed by atoms with Crippen LogP contribution in [-0.4, -0.2) is 39.8 Å². The molecule has 1 aliphatic heterocycles. The van der Waals surface area contributed by atoms with E-state index in [0.29, 0.717) is 35.2 Å². The fourth-order valence-corrected chi connectivity index (χ4v) is 2.84. The van der Waals surface area contributed by atoms with Crippen molar-refractivity contribution >= 4 is 17.9 Å². The number of nitrogens with zero attached hydrogens (tertiary/aromatic N) is 1. The Bertz CT molecular complexity index is 957. The number of rotatable bonds is 9. The van der Waals surface area contributed by atoms with Crippen LogP contribution < -0.4 is 18.9 Å². The topological polar surface area (TPSA) is 75.6 Å². The van der Waals surface area contributed by atoms with E-state index in [1.165, 1.54) is 0 Å². The number of hydrogen-bond donors (Lipinski definition) is 0. The molecule has 0 amide bonds. The van der Waals surface area contributed by atoms with Crippen LogP contribution in [0.15, 0.2) is 47.1 Å². The van der Waals surface area contributed by atoms with E-state index in [2.05, 4.69) is 11.9 Å². The Hall–Kier alpha value is -3.48. The van der Waals surface area contributed by atoms with E-state index in [0.717, 1.165) is 18.4 Å². The fourth-order valence-electron chi connectivity index (χ4n) is 2.84. The quantitative estimate of drug-likeness (QED) is 0.349. The van der Waals surface area contributed by atoms with Gasteiger partial charge in [0.1, 0.15) is 11.5 Å². The van der Waals surface area contributed by atoms with Crippen LogP contribution in [0.3, 0.4) is 0 Å². The van der Waals surface area contributed by atoms with E-state index in [4.69, 9.17) is 23.7 Å². The van der Waals surface area contributed by atoms with Crippen molar-refractivity contribution in [3.63, 3.8) is 0 Å². The molecule has 0 aromatic heterocycles. The molecule has 0 radical (unpaired) electrons. The summed E-state index contributed by atoms with van der Waals surface area (Å²) in [6.45, 7) is 2.73. The van der Waals surface area contributed by atoms with Gasteiger partial charge in [0.15, 0.2) is 17.2 Å². The van der Waals surface area contributed by atoms with Crippen LogP contribution in [0.5, 0.6) is 23.0 Å². The van der Waals surface area contributed by atoms with Gasteiger partial charge in [0.2, 0.25) is 5.90 Å². The smallest absolute Gasteiger partial charge is 0.363 e. The second-order valence-electron chi connectivity index (χ2n) is 6.55. The highest BCUT2D eigenvalue weighted by atomic mass is 16.6. The number of ether oxygens (including phenoxy) is 5. The molecule has 0 bridgehead atoms. The Morgan fingerprint density at radius 1 is 0.967 bits per heavy atom. The van der Waals surface area contributed by atoms with Crippen LogP contribution in [0.1, 0.15) is 30.9 Å². The van der Waals surface area contributed by atoms with Gasteiger partial charge >= 0.3 is 5.97 Å². The average molecular weight is 411 g/mol. The van der Waals surface area contributed by atoms with Gasteiger partial charge in [-0.05, 0) is 42.3 Å². The highest BCUT2D eigenvalue weighted by Gasteiger charge is 2.25. The normalized spacial score (nSPS) is 14.3. The first kappa shape index (κ1) is 21.2. The maximum atomic E-state index is 12.3. The molecule has 7 nitrogen and oxygen atoms in total. The lowest BCUT2D eigenvalue weighted by atomic mass is 10.1. The number of aliphatic imine (C=N–C) groups is 1. The van der Waals surface area contributed by atoms with Gasteiger partial charge < -0.3 is 23.7 Å². The largest absolute Gasteiger partial charge is 0.497 e. The van der Waals surface area contributed by atoms with Gasteiger partial charge in [0.05, 0.1) is 27.9 Å². The summed E-state index contributed by atoms with van der Waals surface area (Å²) in [5.41, 5.74) is 1.52. The van der Waals surface area contributed by atoms with Crippen LogP contribution in [0.25, 0.3) is 6.08 Å². The molecule has 7 heteroatoms.